The summed E-state index contributed by atoms with van der Waals surface area (Å²) >= 11 is 0. The van der Waals surface area contributed by atoms with Gasteiger partial charge < -0.3 is 9.47 Å². The highest BCUT2D eigenvalue weighted by Gasteiger charge is 2.59. The van der Waals surface area contributed by atoms with Crippen molar-refractivity contribution in [2.75, 3.05) is 6.61 Å². The number of fused-ring (bicyclic) bond motifs is 5. The molecule has 0 bridgehead atoms. The Hall–Kier alpha value is -0.990. The average molecular weight is 501 g/mol. The maximum absolute atomic E-state index is 12.2. The van der Waals surface area contributed by atoms with Crippen molar-refractivity contribution < 1.29 is 14.3 Å². The second-order valence-corrected chi connectivity index (χ2v) is 14.6. The van der Waals surface area contributed by atoms with Crippen LogP contribution in [0.4, 0.5) is 4.79 Å². The molecular weight excluding hydrogens is 444 g/mol. The van der Waals surface area contributed by atoms with Gasteiger partial charge in [0, 0.05) is 6.42 Å². The molecule has 0 saturated heterocycles. The molecule has 0 aliphatic heterocycles. The summed E-state index contributed by atoms with van der Waals surface area (Å²) in [6.45, 7) is 17.3. The van der Waals surface area contributed by atoms with Crippen molar-refractivity contribution in [2.45, 2.75) is 132 Å². The lowest BCUT2D eigenvalue weighted by Crippen LogP contribution is -2.51. The third-order valence-electron chi connectivity index (χ3n) is 11.4. The third kappa shape index (κ3) is 5.70. The molecule has 0 aromatic carbocycles. The van der Waals surface area contributed by atoms with Crippen molar-refractivity contribution >= 4 is 6.16 Å². The van der Waals surface area contributed by atoms with Crippen molar-refractivity contribution in [1.29, 1.82) is 0 Å². The van der Waals surface area contributed by atoms with Gasteiger partial charge in [0.15, 0.2) is 0 Å². The first-order valence-corrected chi connectivity index (χ1v) is 15.6. The quantitative estimate of drug-likeness (QED) is 0.233. The smallest absolute Gasteiger partial charge is 0.434 e. The summed E-state index contributed by atoms with van der Waals surface area (Å²) in [5, 5.41) is 0. The Kier molecular flexibility index (Phi) is 8.88. The second-order valence-electron chi connectivity index (χ2n) is 14.6. The van der Waals surface area contributed by atoms with Crippen LogP contribution in [0, 0.1) is 52.3 Å². The van der Waals surface area contributed by atoms with E-state index in [9.17, 15) is 4.79 Å². The zero-order chi connectivity index (χ0) is 26.1. The summed E-state index contributed by atoms with van der Waals surface area (Å²) in [6.07, 6.45) is 17.2. The van der Waals surface area contributed by atoms with Gasteiger partial charge in [-0.15, -0.1) is 0 Å². The number of rotatable bonds is 9. The number of carbonyl (C=O) groups excluding carboxylic acids is 1. The van der Waals surface area contributed by atoms with E-state index in [1.165, 1.54) is 51.4 Å². The molecule has 0 unspecified atom stereocenters. The Bertz CT molecular complexity index is 784. The molecule has 8 atom stereocenters. The minimum atomic E-state index is -0.466. The molecule has 0 aromatic rings. The largest absolute Gasteiger partial charge is 0.508 e. The van der Waals surface area contributed by atoms with Gasteiger partial charge in [-0.2, -0.15) is 0 Å². The maximum atomic E-state index is 12.2. The molecule has 3 saturated carbocycles. The summed E-state index contributed by atoms with van der Waals surface area (Å²) in [7, 11) is 0. The number of allylic oxidation sites excluding steroid dienone is 1. The molecule has 4 aliphatic rings. The number of hydrogen-bond donors (Lipinski definition) is 0. The first-order chi connectivity index (χ1) is 17.0. The summed E-state index contributed by atoms with van der Waals surface area (Å²) < 4.78 is 11.1. The number of ether oxygens (including phenoxy) is 2. The van der Waals surface area contributed by atoms with Crippen LogP contribution in [0.3, 0.4) is 0 Å². The van der Waals surface area contributed by atoms with Crippen molar-refractivity contribution in [3.8, 4) is 0 Å². The molecule has 36 heavy (non-hydrogen) atoms. The van der Waals surface area contributed by atoms with Gasteiger partial charge in [0.1, 0.15) is 6.10 Å². The van der Waals surface area contributed by atoms with Crippen LogP contribution in [0.1, 0.15) is 126 Å². The topological polar surface area (TPSA) is 35.5 Å². The molecule has 0 aromatic heterocycles. The fourth-order valence-electron chi connectivity index (χ4n) is 9.30. The van der Waals surface area contributed by atoms with E-state index in [0.717, 1.165) is 61.2 Å². The summed E-state index contributed by atoms with van der Waals surface area (Å²) in [6, 6.07) is 0. The average Bonchev–Trinajstić information content (AvgIpc) is 3.16. The highest BCUT2D eigenvalue weighted by molar-refractivity contribution is 5.60. The van der Waals surface area contributed by atoms with Crippen LogP contribution in [0.5, 0.6) is 0 Å². The Morgan fingerprint density at radius 1 is 0.944 bits per heavy atom. The molecule has 0 amide bonds. The molecule has 3 fully saturated rings. The predicted octanol–water partition coefficient (Wildman–Crippen LogP) is 9.60. The molecule has 0 radical (unpaired) electrons. The van der Waals surface area contributed by atoms with Crippen LogP contribution in [0.2, 0.25) is 0 Å². The normalized spacial score (nSPS) is 38.7. The molecule has 3 nitrogen and oxygen atoms in total. The molecule has 4 aliphatic carbocycles. The van der Waals surface area contributed by atoms with Gasteiger partial charge in [-0.05, 0) is 104 Å². The van der Waals surface area contributed by atoms with E-state index in [1.807, 2.05) is 0 Å². The van der Waals surface area contributed by atoms with E-state index in [4.69, 9.17) is 9.47 Å². The fraction of sp³-hybridized carbons (Fsp3) is 0.909. The number of hydrogen-bond acceptors (Lipinski definition) is 3. The standard InChI is InChI=1S/C33H56O3/c1-22(2)9-8-10-24(5)28-13-14-29-27-12-11-25-21-26(36-31(34)35-20-17-23(3)4)15-18-32(25,6)30(27)16-19-33(28,29)7/h11,22-24,26-30H,8-10,12-21H2,1-7H3/t24-,26+,27-,28+,29-,30-,32+,33+/m1/s1. The summed E-state index contributed by atoms with van der Waals surface area (Å²) in [5.74, 6) is 5.71. The van der Waals surface area contributed by atoms with Gasteiger partial charge in [-0.3, -0.25) is 0 Å². The number of carbonyl (C=O) groups is 1. The molecule has 0 heterocycles. The second kappa shape index (κ2) is 11.4. The van der Waals surface area contributed by atoms with Gasteiger partial charge in [0.2, 0.25) is 0 Å². The van der Waals surface area contributed by atoms with E-state index in [2.05, 4.69) is 54.5 Å². The van der Waals surface area contributed by atoms with Crippen LogP contribution in [0.15, 0.2) is 11.6 Å². The highest BCUT2D eigenvalue weighted by Crippen LogP contribution is 2.67. The molecule has 3 heteroatoms. The van der Waals surface area contributed by atoms with E-state index in [-0.39, 0.29) is 6.10 Å². The third-order valence-corrected chi connectivity index (χ3v) is 11.4. The minimum absolute atomic E-state index is 0.0103. The van der Waals surface area contributed by atoms with Crippen LogP contribution >= 0.6 is 0 Å². The van der Waals surface area contributed by atoms with Crippen molar-refractivity contribution in [3.63, 3.8) is 0 Å². The molecule has 4 rings (SSSR count). The van der Waals surface area contributed by atoms with Crippen LogP contribution in [-0.2, 0) is 9.47 Å². The lowest BCUT2D eigenvalue weighted by atomic mass is 9.47. The van der Waals surface area contributed by atoms with Crippen molar-refractivity contribution in [3.05, 3.63) is 11.6 Å². The van der Waals surface area contributed by atoms with Gasteiger partial charge in [0.25, 0.3) is 0 Å². The molecule has 0 spiro atoms. The predicted molar refractivity (Wildman–Crippen MR) is 149 cm³/mol. The zero-order valence-corrected chi connectivity index (χ0v) is 24.6. The first kappa shape index (κ1) is 28.0. The van der Waals surface area contributed by atoms with Gasteiger partial charge >= 0.3 is 6.16 Å². The SMILES string of the molecule is CC(C)CCC[C@@H](C)[C@@H]1CC[C@@H]2[C@H]3CC=C4C[C@@H](OC(=O)OCCC(C)C)CC[C@]4(C)[C@@H]3CC[C@]21C. The monoisotopic (exact) mass is 500 g/mol. The lowest BCUT2D eigenvalue weighted by Gasteiger charge is -2.58. The minimum Gasteiger partial charge on any atom is -0.434 e. The fourth-order valence-corrected chi connectivity index (χ4v) is 9.30. The molecular formula is C33H56O3. The maximum Gasteiger partial charge on any atom is 0.508 e. The highest BCUT2D eigenvalue weighted by atomic mass is 16.7. The summed E-state index contributed by atoms with van der Waals surface area (Å²) in [5.41, 5.74) is 2.42. The zero-order valence-electron chi connectivity index (χ0n) is 24.6. The van der Waals surface area contributed by atoms with Gasteiger partial charge in [-0.1, -0.05) is 79.4 Å². The van der Waals surface area contributed by atoms with E-state index in [1.54, 1.807) is 5.57 Å². The van der Waals surface area contributed by atoms with Crippen molar-refractivity contribution in [1.82, 2.24) is 0 Å². The van der Waals surface area contributed by atoms with E-state index in [0.29, 0.717) is 23.4 Å². The Balaban J connectivity index is 1.37. The van der Waals surface area contributed by atoms with Crippen LogP contribution in [-0.4, -0.2) is 18.9 Å². The Morgan fingerprint density at radius 2 is 1.69 bits per heavy atom. The van der Waals surface area contributed by atoms with Gasteiger partial charge in [-0.25, -0.2) is 4.79 Å². The summed E-state index contributed by atoms with van der Waals surface area (Å²) in [4.78, 5) is 12.2. The molecule has 206 valence electrons. The lowest BCUT2D eigenvalue weighted by molar-refractivity contribution is -0.0618. The molecule has 0 N–H and O–H groups in total. The first-order valence-electron chi connectivity index (χ1n) is 15.6. The Labute approximate surface area is 222 Å². The van der Waals surface area contributed by atoms with E-state index >= 15 is 0 Å². The Morgan fingerprint density at radius 3 is 2.42 bits per heavy atom. The van der Waals surface area contributed by atoms with Gasteiger partial charge in [0.05, 0.1) is 6.61 Å². The van der Waals surface area contributed by atoms with Crippen LogP contribution in [0.25, 0.3) is 0 Å². The van der Waals surface area contributed by atoms with E-state index < -0.39 is 6.16 Å². The van der Waals surface area contributed by atoms with Crippen molar-refractivity contribution in [2.24, 2.45) is 52.3 Å². The van der Waals surface area contributed by atoms with Crippen LogP contribution < -0.4 is 0 Å².